The number of carbonyl (C=O) groups is 5. The number of carbonyl (C=O) groups excluding carboxylic acids is 4. The highest BCUT2D eigenvalue weighted by molar-refractivity contribution is 5.95. The van der Waals surface area contributed by atoms with Crippen LogP contribution in [0.2, 0.25) is 0 Å². The first-order valence-electron chi connectivity index (χ1n) is 8.21. The molecule has 3 atom stereocenters. The lowest BCUT2D eigenvalue weighted by Gasteiger charge is -2.22. The van der Waals surface area contributed by atoms with Crippen LogP contribution in [0.5, 0.6) is 0 Å². The molecule has 0 saturated carbocycles. The first-order chi connectivity index (χ1) is 13.1. The van der Waals surface area contributed by atoms with Crippen molar-refractivity contribution in [3.8, 4) is 0 Å². The van der Waals surface area contributed by atoms with E-state index in [-0.39, 0.29) is 6.42 Å². The van der Waals surface area contributed by atoms with Crippen LogP contribution in [0.4, 0.5) is 0 Å². The average molecular weight is 397 g/mol. The number of carboxylic acid groups (broad SMARTS) is 1. The lowest BCUT2D eigenvalue weighted by molar-refractivity contribution is -0.138. The van der Waals surface area contributed by atoms with Gasteiger partial charge in [-0.05, 0) is 6.92 Å². The van der Waals surface area contributed by atoms with Crippen molar-refractivity contribution in [2.24, 2.45) is 11.5 Å². The number of amides is 4. The molecule has 4 amide bonds. The molecule has 9 N–H and O–H groups in total. The average Bonchev–Trinajstić information content (AvgIpc) is 3.10. The van der Waals surface area contributed by atoms with Gasteiger partial charge in [-0.15, -0.1) is 0 Å². The quantitative estimate of drug-likeness (QED) is 0.197. The molecule has 154 valence electrons. The fraction of sp³-hybridized carbons (Fsp3) is 0.467. The van der Waals surface area contributed by atoms with E-state index in [4.69, 9.17) is 16.6 Å². The van der Waals surface area contributed by atoms with Gasteiger partial charge in [0.15, 0.2) is 0 Å². The molecular formula is C15H23N7O6. The number of nitrogens with one attached hydrogen (secondary N) is 4. The Morgan fingerprint density at radius 1 is 1.14 bits per heavy atom. The molecule has 1 aromatic heterocycles. The van der Waals surface area contributed by atoms with Crippen molar-refractivity contribution in [1.29, 1.82) is 0 Å². The number of nitrogens with zero attached hydrogens (tertiary/aromatic N) is 1. The van der Waals surface area contributed by atoms with Crippen LogP contribution in [0.25, 0.3) is 0 Å². The van der Waals surface area contributed by atoms with Gasteiger partial charge in [0.1, 0.15) is 18.6 Å². The van der Waals surface area contributed by atoms with Crippen molar-refractivity contribution in [3.05, 3.63) is 18.2 Å². The first kappa shape index (κ1) is 22.6. The predicted octanol–water partition coefficient (Wildman–Crippen LogP) is -3.65. The van der Waals surface area contributed by atoms with E-state index in [2.05, 4.69) is 25.9 Å². The summed E-state index contributed by atoms with van der Waals surface area (Å²) in [4.78, 5) is 64.9. The molecule has 0 spiro atoms. The topological polar surface area (TPSA) is 222 Å². The number of H-pyrrole nitrogens is 1. The standard InChI is InChI=1S/C15H23N7O6/c1-7(16)13(26)21-9(2-8-4-18-6-20-8)15(28)22-10(3-11(17)23)14(27)19-5-12(24)25/h4,6-7,9-10H,2-3,5,16H2,1H3,(H2,17,23)(H,18,20)(H,19,27)(H,21,26)(H,22,28)(H,24,25). The SMILES string of the molecule is CC(N)C(=O)NC(Cc1cnc[nH]1)C(=O)NC(CC(N)=O)C(=O)NCC(=O)O. The molecule has 0 aliphatic carbocycles. The van der Waals surface area contributed by atoms with Gasteiger partial charge in [-0.3, -0.25) is 24.0 Å². The van der Waals surface area contributed by atoms with Gasteiger partial charge in [0.05, 0.1) is 18.8 Å². The molecule has 0 aromatic carbocycles. The van der Waals surface area contributed by atoms with E-state index in [0.717, 1.165) is 0 Å². The summed E-state index contributed by atoms with van der Waals surface area (Å²) in [5.41, 5.74) is 11.1. The zero-order valence-corrected chi connectivity index (χ0v) is 15.1. The van der Waals surface area contributed by atoms with Gasteiger partial charge < -0.3 is 37.5 Å². The van der Waals surface area contributed by atoms with Crippen molar-refractivity contribution < 1.29 is 29.1 Å². The van der Waals surface area contributed by atoms with E-state index in [1.807, 2.05) is 0 Å². The predicted molar refractivity (Wildman–Crippen MR) is 94.3 cm³/mol. The minimum absolute atomic E-state index is 0.00430. The number of aliphatic carboxylic acids is 1. The Morgan fingerprint density at radius 3 is 2.29 bits per heavy atom. The second-order valence-electron chi connectivity index (χ2n) is 5.97. The molecule has 3 unspecified atom stereocenters. The van der Waals surface area contributed by atoms with Crippen molar-refractivity contribution in [2.75, 3.05) is 6.54 Å². The summed E-state index contributed by atoms with van der Waals surface area (Å²) in [6.45, 7) is 0.721. The Morgan fingerprint density at radius 2 is 1.79 bits per heavy atom. The summed E-state index contributed by atoms with van der Waals surface area (Å²) < 4.78 is 0. The zero-order valence-electron chi connectivity index (χ0n) is 15.1. The van der Waals surface area contributed by atoms with Gasteiger partial charge in [-0.1, -0.05) is 0 Å². The van der Waals surface area contributed by atoms with Crippen molar-refractivity contribution in [1.82, 2.24) is 25.9 Å². The van der Waals surface area contributed by atoms with E-state index < -0.39 is 60.7 Å². The number of rotatable bonds is 11. The van der Waals surface area contributed by atoms with Crippen LogP contribution in [-0.4, -0.2) is 69.3 Å². The van der Waals surface area contributed by atoms with Gasteiger partial charge in [0.2, 0.25) is 23.6 Å². The van der Waals surface area contributed by atoms with Gasteiger partial charge in [0.25, 0.3) is 0 Å². The maximum absolute atomic E-state index is 12.6. The second-order valence-corrected chi connectivity index (χ2v) is 5.97. The maximum Gasteiger partial charge on any atom is 0.322 e. The highest BCUT2D eigenvalue weighted by atomic mass is 16.4. The summed E-state index contributed by atoms with van der Waals surface area (Å²) in [5.74, 6) is -4.51. The third-order valence-corrected chi connectivity index (χ3v) is 3.48. The molecule has 0 bridgehead atoms. The smallest absolute Gasteiger partial charge is 0.322 e. The van der Waals surface area contributed by atoms with Gasteiger partial charge >= 0.3 is 5.97 Å². The van der Waals surface area contributed by atoms with Gasteiger partial charge in [-0.25, -0.2) is 4.98 Å². The highest BCUT2D eigenvalue weighted by Crippen LogP contribution is 2.02. The van der Waals surface area contributed by atoms with E-state index in [1.54, 1.807) is 0 Å². The molecular weight excluding hydrogens is 374 g/mol. The van der Waals surface area contributed by atoms with Crippen LogP contribution >= 0.6 is 0 Å². The lowest BCUT2D eigenvalue weighted by Crippen LogP contribution is -2.57. The largest absolute Gasteiger partial charge is 0.480 e. The number of hydrogen-bond acceptors (Lipinski definition) is 7. The maximum atomic E-state index is 12.6. The minimum Gasteiger partial charge on any atom is -0.480 e. The van der Waals surface area contributed by atoms with E-state index in [0.29, 0.717) is 5.69 Å². The Hall–Kier alpha value is -3.48. The number of imidazole rings is 1. The van der Waals surface area contributed by atoms with E-state index in [1.165, 1.54) is 19.4 Å². The molecule has 28 heavy (non-hydrogen) atoms. The van der Waals surface area contributed by atoms with Crippen LogP contribution in [0.3, 0.4) is 0 Å². The fourth-order valence-corrected chi connectivity index (χ4v) is 2.10. The summed E-state index contributed by atoms with van der Waals surface area (Å²) >= 11 is 0. The molecule has 0 fully saturated rings. The van der Waals surface area contributed by atoms with Gasteiger partial charge in [-0.2, -0.15) is 0 Å². The summed E-state index contributed by atoms with van der Waals surface area (Å²) in [6, 6.07) is -3.44. The first-order valence-corrected chi connectivity index (χ1v) is 8.21. The number of nitrogens with two attached hydrogens (primary N) is 2. The monoisotopic (exact) mass is 397 g/mol. The third kappa shape index (κ3) is 7.82. The van der Waals surface area contributed by atoms with Crippen LogP contribution in [0, 0.1) is 0 Å². The van der Waals surface area contributed by atoms with Crippen LogP contribution in [0.1, 0.15) is 19.0 Å². The fourth-order valence-electron chi connectivity index (χ4n) is 2.10. The number of carboxylic acids is 1. The van der Waals surface area contributed by atoms with E-state index in [9.17, 15) is 24.0 Å². The number of hydrogen-bond donors (Lipinski definition) is 7. The Balaban J connectivity index is 2.92. The molecule has 13 heteroatoms. The van der Waals surface area contributed by atoms with Gasteiger partial charge in [0, 0.05) is 18.3 Å². The highest BCUT2D eigenvalue weighted by Gasteiger charge is 2.29. The summed E-state index contributed by atoms with van der Waals surface area (Å²) in [5, 5.41) is 15.4. The number of primary amides is 1. The Bertz CT molecular complexity index is 718. The number of aromatic amines is 1. The van der Waals surface area contributed by atoms with Crippen LogP contribution in [-0.2, 0) is 30.4 Å². The Labute approximate surface area is 159 Å². The Kier molecular flexibility index (Phi) is 8.55. The van der Waals surface area contributed by atoms with Crippen LogP contribution in [0.15, 0.2) is 12.5 Å². The molecule has 0 saturated heterocycles. The summed E-state index contributed by atoms with van der Waals surface area (Å²) in [6.07, 6.45) is 2.27. The minimum atomic E-state index is -1.42. The molecule has 0 aliphatic rings. The molecule has 1 heterocycles. The molecule has 13 nitrogen and oxygen atoms in total. The molecule has 0 radical (unpaired) electrons. The third-order valence-electron chi connectivity index (χ3n) is 3.48. The zero-order chi connectivity index (χ0) is 21.3. The lowest BCUT2D eigenvalue weighted by atomic mass is 10.1. The second kappa shape index (κ2) is 10.6. The number of aromatic nitrogens is 2. The van der Waals surface area contributed by atoms with Crippen LogP contribution < -0.4 is 27.4 Å². The van der Waals surface area contributed by atoms with E-state index >= 15 is 0 Å². The molecule has 1 rings (SSSR count). The van der Waals surface area contributed by atoms with Crippen molar-refractivity contribution in [3.63, 3.8) is 0 Å². The molecule has 0 aliphatic heterocycles. The van der Waals surface area contributed by atoms with Crippen molar-refractivity contribution >= 4 is 29.6 Å². The van der Waals surface area contributed by atoms with Crippen molar-refractivity contribution in [2.45, 2.75) is 37.9 Å². The molecule has 1 aromatic rings. The summed E-state index contributed by atoms with van der Waals surface area (Å²) in [7, 11) is 0. The normalized spacial score (nSPS) is 13.6.